The number of halogens is 1. The van der Waals surface area contributed by atoms with Crippen molar-refractivity contribution in [2.45, 2.75) is 77.2 Å². The molecule has 7 amide bonds. The van der Waals surface area contributed by atoms with Gasteiger partial charge in [-0.3, -0.25) is 39.4 Å². The lowest BCUT2D eigenvalue weighted by Crippen LogP contribution is -2.52. The van der Waals surface area contributed by atoms with Gasteiger partial charge in [0.25, 0.3) is 11.8 Å². The van der Waals surface area contributed by atoms with Gasteiger partial charge in [0.05, 0.1) is 25.3 Å². The number of rotatable bonds is 6. The van der Waals surface area contributed by atoms with Crippen molar-refractivity contribution < 1.29 is 47.8 Å². The molecule has 324 valence electrons. The first-order valence-electron chi connectivity index (χ1n) is 20.1. The molecule has 0 spiro atoms. The van der Waals surface area contributed by atoms with Crippen LogP contribution in [0.3, 0.4) is 0 Å². The lowest BCUT2D eigenvalue weighted by Gasteiger charge is -2.37. The van der Waals surface area contributed by atoms with Gasteiger partial charge in [-0.15, -0.1) is 12.4 Å². The topological polar surface area (TPSA) is 199 Å². The molecule has 6 aliphatic rings. The third-order valence-corrected chi connectivity index (χ3v) is 11.4. The summed E-state index contributed by atoms with van der Waals surface area (Å²) in [6, 6.07) is 6.41. The molecule has 0 radical (unpaired) electrons. The summed E-state index contributed by atoms with van der Waals surface area (Å²) in [6.45, 7) is 12.1. The minimum absolute atomic E-state index is 0. The van der Waals surface area contributed by atoms with Crippen molar-refractivity contribution in [1.82, 2.24) is 30.7 Å². The highest BCUT2D eigenvalue weighted by Gasteiger charge is 2.43. The fourth-order valence-corrected chi connectivity index (χ4v) is 8.39. The highest BCUT2D eigenvalue weighted by molar-refractivity contribution is 6.08. The number of piperidine rings is 2. The van der Waals surface area contributed by atoms with Crippen LogP contribution in [-0.4, -0.2) is 140 Å². The molecule has 4 fully saturated rings. The standard InChI is InChI=1S/C23H30N4O6.C18H22N4O4.ClH/c1-23(2,3)33-22(31)26-9-7-25(8-10-26)15-11-14-13-27(16-5-6-18(28)24-20(16)29)21(30)19(14)17(12-15)32-4;1-26-14-9-12(21-6-4-19-5-7-21)8-11-10-22(18(25)16(11)14)13-2-3-15(23)20-17(13)24;/h11-12,16H,5-10,13H2,1-4H3,(H,24,28,29);8-9,13,19H,2-7,10H2,1H3,(H,20,23,24);1H. The van der Waals surface area contributed by atoms with Crippen LogP contribution in [0.4, 0.5) is 16.2 Å². The summed E-state index contributed by atoms with van der Waals surface area (Å²) < 4.78 is 16.5. The van der Waals surface area contributed by atoms with Crippen LogP contribution in [0.25, 0.3) is 0 Å². The highest BCUT2D eigenvalue weighted by Crippen LogP contribution is 2.39. The lowest BCUT2D eigenvalue weighted by atomic mass is 10.0. The molecule has 4 saturated heterocycles. The predicted molar refractivity (Wildman–Crippen MR) is 220 cm³/mol. The Labute approximate surface area is 354 Å². The summed E-state index contributed by atoms with van der Waals surface area (Å²) in [5, 5.41) is 7.97. The Morgan fingerprint density at radius 3 is 1.48 bits per heavy atom. The summed E-state index contributed by atoms with van der Waals surface area (Å²) in [5.74, 6) is -0.920. The Bertz CT molecular complexity index is 2060. The first-order chi connectivity index (χ1) is 28.1. The molecular weight excluding hydrogens is 800 g/mol. The van der Waals surface area contributed by atoms with E-state index < -0.39 is 29.5 Å². The Morgan fingerprint density at radius 1 is 0.650 bits per heavy atom. The number of piperazine rings is 2. The number of anilines is 2. The van der Waals surface area contributed by atoms with E-state index in [0.29, 0.717) is 68.2 Å². The molecule has 8 rings (SSSR count). The van der Waals surface area contributed by atoms with Crippen molar-refractivity contribution in [2.24, 2.45) is 0 Å². The number of nitrogens with zero attached hydrogens (tertiary/aromatic N) is 5. The van der Waals surface area contributed by atoms with E-state index in [1.807, 2.05) is 45.0 Å². The van der Waals surface area contributed by atoms with E-state index >= 15 is 0 Å². The van der Waals surface area contributed by atoms with E-state index in [-0.39, 0.29) is 61.5 Å². The molecule has 0 bridgehead atoms. The number of ether oxygens (including phenoxy) is 3. The van der Waals surface area contributed by atoms with E-state index in [4.69, 9.17) is 14.2 Å². The monoisotopic (exact) mass is 852 g/mol. The van der Waals surface area contributed by atoms with Crippen molar-refractivity contribution in [3.8, 4) is 11.5 Å². The van der Waals surface area contributed by atoms with Gasteiger partial charge >= 0.3 is 6.09 Å². The molecule has 19 heteroatoms. The molecule has 18 nitrogen and oxygen atoms in total. The number of hydrogen-bond donors (Lipinski definition) is 3. The minimum atomic E-state index is -0.673. The van der Waals surface area contributed by atoms with Crippen molar-refractivity contribution >= 4 is 65.3 Å². The average molecular weight is 853 g/mol. The van der Waals surface area contributed by atoms with E-state index in [2.05, 4.69) is 25.8 Å². The van der Waals surface area contributed by atoms with Crippen molar-refractivity contribution in [2.75, 3.05) is 76.4 Å². The quantitative estimate of drug-likeness (QED) is 0.356. The van der Waals surface area contributed by atoms with Gasteiger partial charge in [0.15, 0.2) is 0 Å². The Hall–Kier alpha value is -5.62. The van der Waals surface area contributed by atoms with Crippen LogP contribution in [0.15, 0.2) is 24.3 Å². The van der Waals surface area contributed by atoms with Crippen LogP contribution in [-0.2, 0) is 37.0 Å². The second-order valence-electron chi connectivity index (χ2n) is 16.4. The fourth-order valence-electron chi connectivity index (χ4n) is 8.39. The van der Waals surface area contributed by atoms with Crippen molar-refractivity contribution in [1.29, 1.82) is 0 Å². The second-order valence-corrected chi connectivity index (χ2v) is 16.4. The van der Waals surface area contributed by atoms with Gasteiger partial charge in [-0.05, 0) is 56.9 Å². The number of hydrogen-bond acceptors (Lipinski definition) is 13. The van der Waals surface area contributed by atoms with Crippen LogP contribution in [0.5, 0.6) is 11.5 Å². The van der Waals surface area contributed by atoms with Gasteiger partial charge in [0.2, 0.25) is 23.6 Å². The maximum Gasteiger partial charge on any atom is 0.410 e. The maximum atomic E-state index is 13.1. The third-order valence-electron chi connectivity index (χ3n) is 11.4. The summed E-state index contributed by atoms with van der Waals surface area (Å²) in [7, 11) is 3.07. The average Bonchev–Trinajstić information content (AvgIpc) is 3.72. The maximum absolute atomic E-state index is 13.1. The molecular formula is C41H53ClN8O10. The summed E-state index contributed by atoms with van der Waals surface area (Å²) in [5.41, 5.74) is 4.02. The summed E-state index contributed by atoms with van der Waals surface area (Å²) >= 11 is 0. The second kappa shape index (κ2) is 17.9. The van der Waals surface area contributed by atoms with Gasteiger partial charge in [-0.2, -0.15) is 0 Å². The number of carbonyl (C=O) groups is 7. The molecule has 3 N–H and O–H groups in total. The van der Waals surface area contributed by atoms with E-state index in [0.717, 1.165) is 48.7 Å². The van der Waals surface area contributed by atoms with Crippen LogP contribution in [0.1, 0.15) is 78.3 Å². The van der Waals surface area contributed by atoms with Crippen LogP contribution in [0.2, 0.25) is 0 Å². The number of methoxy groups -OCH3 is 2. The molecule has 2 aromatic rings. The number of benzene rings is 2. The van der Waals surface area contributed by atoms with E-state index in [1.54, 1.807) is 16.9 Å². The van der Waals surface area contributed by atoms with Crippen molar-refractivity contribution in [3.05, 3.63) is 46.5 Å². The highest BCUT2D eigenvalue weighted by atomic mass is 35.5. The largest absolute Gasteiger partial charge is 0.496 e. The molecule has 6 heterocycles. The van der Waals surface area contributed by atoms with Gasteiger partial charge in [-0.1, -0.05) is 0 Å². The molecule has 60 heavy (non-hydrogen) atoms. The van der Waals surface area contributed by atoms with Crippen LogP contribution >= 0.6 is 12.4 Å². The molecule has 2 atom stereocenters. The van der Waals surface area contributed by atoms with Crippen LogP contribution < -0.4 is 35.2 Å². The van der Waals surface area contributed by atoms with Gasteiger partial charge in [0.1, 0.15) is 29.2 Å². The normalized spacial score (nSPS) is 21.6. The van der Waals surface area contributed by atoms with E-state index in [9.17, 15) is 33.6 Å². The SMILES string of the molecule is COc1cc(N2CCN(C(=O)OC(C)(C)C)CC2)cc2c1C(=O)N(C1CCC(=O)NC1=O)C2.COc1cc(N2CCNCC2)cc2c1C(=O)N(C1CCC(=O)NC1=O)C2.Cl. The minimum Gasteiger partial charge on any atom is -0.496 e. The first kappa shape index (κ1) is 43.9. The Balaban J connectivity index is 0.000000203. The molecule has 2 unspecified atom stereocenters. The molecule has 6 aliphatic heterocycles. The smallest absolute Gasteiger partial charge is 0.410 e. The third kappa shape index (κ3) is 9.08. The Morgan fingerprint density at radius 2 is 1.08 bits per heavy atom. The fraction of sp³-hybridized carbons (Fsp3) is 0.537. The van der Waals surface area contributed by atoms with Gasteiger partial charge in [0, 0.05) is 102 Å². The molecule has 0 aromatic heterocycles. The number of fused-ring (bicyclic) bond motifs is 2. The Kier molecular flexibility index (Phi) is 13.1. The molecule has 0 aliphatic carbocycles. The van der Waals surface area contributed by atoms with Gasteiger partial charge in [-0.25, -0.2) is 4.79 Å². The number of nitrogens with one attached hydrogen (secondary N) is 3. The summed E-state index contributed by atoms with van der Waals surface area (Å²) in [6.07, 6.45) is 0.809. The van der Waals surface area contributed by atoms with Crippen LogP contribution in [0, 0.1) is 0 Å². The summed E-state index contributed by atoms with van der Waals surface area (Å²) in [4.78, 5) is 95.0. The number of imide groups is 2. The zero-order valence-corrected chi connectivity index (χ0v) is 35.4. The number of carbonyl (C=O) groups excluding carboxylic acids is 7. The van der Waals surface area contributed by atoms with Gasteiger partial charge < -0.3 is 44.0 Å². The van der Waals surface area contributed by atoms with Crippen molar-refractivity contribution in [3.63, 3.8) is 0 Å². The zero-order chi connectivity index (χ0) is 42.2. The molecule has 2 aromatic carbocycles. The molecule has 0 saturated carbocycles. The lowest BCUT2D eigenvalue weighted by molar-refractivity contribution is -0.138. The predicted octanol–water partition coefficient (Wildman–Crippen LogP) is 1.80. The first-order valence-corrected chi connectivity index (χ1v) is 20.1. The zero-order valence-electron chi connectivity index (χ0n) is 34.6. The van der Waals surface area contributed by atoms with E-state index in [1.165, 1.54) is 12.0 Å². The number of amides is 7.